The number of aliphatic hydroxyl groups is 1. The summed E-state index contributed by atoms with van der Waals surface area (Å²) in [4.78, 5) is 79.2. The highest BCUT2D eigenvalue weighted by Gasteiger charge is 2.30. The van der Waals surface area contributed by atoms with E-state index in [4.69, 9.17) is 41.4 Å². The van der Waals surface area contributed by atoms with Gasteiger partial charge in [-0.1, -0.05) is 72.8 Å². The monoisotopic (exact) mass is 1460 g/mol. The molecule has 9 aromatic rings. The highest BCUT2D eigenvalue weighted by molar-refractivity contribution is 7.88. The molecule has 0 aliphatic carbocycles. The molecular weight excluding hydrogens is 1370 g/mol. The normalized spacial score (nSPS) is 18.6. The van der Waals surface area contributed by atoms with E-state index in [1.54, 1.807) is 38.3 Å². The molecule has 1 atom stereocenters. The van der Waals surface area contributed by atoms with Gasteiger partial charge in [-0.3, -0.25) is 24.5 Å². The van der Waals surface area contributed by atoms with Gasteiger partial charge in [-0.05, 0) is 87.0 Å². The minimum atomic E-state index is -3.15. The van der Waals surface area contributed by atoms with E-state index < -0.39 is 26.2 Å². The fourth-order valence-corrected chi connectivity index (χ4v) is 16.8. The van der Waals surface area contributed by atoms with Crippen LogP contribution in [0, 0.1) is 0 Å². The van der Waals surface area contributed by atoms with E-state index in [1.165, 1.54) is 44.3 Å². The molecule has 1 amide bonds. The van der Waals surface area contributed by atoms with Crippen molar-refractivity contribution in [2.75, 3.05) is 156 Å². The van der Waals surface area contributed by atoms with Crippen molar-refractivity contribution >= 4 is 94.6 Å². The molecule has 552 valence electrons. The average molecular weight is 1460 g/mol. The first kappa shape index (κ1) is 72.8. The molecule has 0 saturated carbocycles. The maximum absolute atomic E-state index is 12.1. The molecule has 7 aliphatic rings. The summed E-state index contributed by atoms with van der Waals surface area (Å²) in [5.41, 5.74) is 25.4. The largest absolute Gasteiger partial charge is 0.384 e. The number of fused-ring (bicyclic) bond motifs is 4. The minimum Gasteiger partial charge on any atom is -0.384 e. The zero-order valence-corrected chi connectivity index (χ0v) is 61.8. The number of amides is 1. The van der Waals surface area contributed by atoms with Crippen molar-refractivity contribution in [3.63, 3.8) is 0 Å². The molecule has 30 heteroatoms. The van der Waals surface area contributed by atoms with E-state index in [0.717, 1.165) is 217 Å². The SMILES string of the molecule is CS(=O)(=O)N1CCN(Cc2cccc3c(-c4cccc5c4C=NC5)nc(N4CCCCC4)nc23)CC1.CS(=O)(=O)N1CCN(Cc2cccc3c(-c4cnc(N)nc4)nc(N4CCCCC4)nc23)CC1.C[C@@H](O)C(=O)N1CCN(Cc2cccc3c(-c4cnc(N)nc4)nc(N4CCCCC4)nc23)CC1. The quantitative estimate of drug-likeness (QED) is 0.0959. The number of carbonyl (C=O) groups is 1. The molecule has 16 rings (SSSR count). The summed E-state index contributed by atoms with van der Waals surface area (Å²) in [6, 6.07) is 25.1. The summed E-state index contributed by atoms with van der Waals surface area (Å²) in [6.07, 6.45) is 21.0. The number of piperazine rings is 3. The molecule has 4 aromatic carbocycles. The lowest BCUT2D eigenvalue weighted by Gasteiger charge is -2.35. The van der Waals surface area contributed by atoms with Crippen LogP contribution in [0.5, 0.6) is 0 Å². The van der Waals surface area contributed by atoms with Gasteiger partial charge in [-0.25, -0.2) is 66.7 Å². The number of carbonyl (C=O) groups excluding carboxylic acids is 1. The summed E-state index contributed by atoms with van der Waals surface area (Å²) >= 11 is 0. The second kappa shape index (κ2) is 32.3. The van der Waals surface area contributed by atoms with Gasteiger partial charge < -0.3 is 36.2 Å². The Bertz CT molecular complexity index is 4840. The molecule has 0 bridgehead atoms. The lowest BCUT2D eigenvalue weighted by Crippen LogP contribution is -2.50. The fraction of sp³-hybridized carbons (Fsp3) is 0.467. The molecule has 0 unspecified atom stereocenters. The van der Waals surface area contributed by atoms with Gasteiger partial charge in [0.2, 0.25) is 49.8 Å². The number of piperidine rings is 3. The summed E-state index contributed by atoms with van der Waals surface area (Å²) in [5.74, 6) is 2.53. The lowest BCUT2D eigenvalue weighted by molar-refractivity contribution is -0.141. The summed E-state index contributed by atoms with van der Waals surface area (Å²) in [6.45, 7) is 17.7. The molecule has 5 N–H and O–H groups in total. The predicted molar refractivity (Wildman–Crippen MR) is 411 cm³/mol. The molecule has 5 aromatic heterocycles. The van der Waals surface area contributed by atoms with E-state index in [0.29, 0.717) is 72.0 Å². The van der Waals surface area contributed by atoms with Crippen LogP contribution in [0.4, 0.5) is 29.7 Å². The number of benzene rings is 4. The summed E-state index contributed by atoms with van der Waals surface area (Å²) in [5, 5.41) is 12.6. The third kappa shape index (κ3) is 17.1. The number of aliphatic hydroxyl groups excluding tert-OH is 1. The van der Waals surface area contributed by atoms with Crippen LogP contribution in [0.2, 0.25) is 0 Å². The fourth-order valence-electron chi connectivity index (χ4n) is 15.2. The van der Waals surface area contributed by atoms with Crippen LogP contribution in [0.25, 0.3) is 66.5 Å². The zero-order valence-electron chi connectivity index (χ0n) is 60.2. The Balaban J connectivity index is 0.000000133. The van der Waals surface area contributed by atoms with Crippen molar-refractivity contribution in [1.29, 1.82) is 0 Å². The summed E-state index contributed by atoms with van der Waals surface area (Å²) < 4.78 is 50.7. The number of para-hydroxylation sites is 3. The van der Waals surface area contributed by atoms with E-state index in [1.807, 2.05) is 30.5 Å². The van der Waals surface area contributed by atoms with Crippen molar-refractivity contribution in [3.05, 3.63) is 125 Å². The zero-order chi connectivity index (χ0) is 72.8. The molecule has 105 heavy (non-hydrogen) atoms. The maximum Gasteiger partial charge on any atom is 0.251 e. The number of sulfonamides is 2. The van der Waals surface area contributed by atoms with E-state index in [-0.39, 0.29) is 17.8 Å². The number of anilines is 5. The summed E-state index contributed by atoms with van der Waals surface area (Å²) in [7, 11) is -6.30. The van der Waals surface area contributed by atoms with Crippen LogP contribution >= 0.6 is 0 Å². The Labute approximate surface area is 613 Å². The molecule has 7 aliphatic heterocycles. The van der Waals surface area contributed by atoms with Crippen molar-refractivity contribution in [3.8, 4) is 33.8 Å². The lowest BCUT2D eigenvalue weighted by atomic mass is 9.97. The Morgan fingerprint density at radius 1 is 0.448 bits per heavy atom. The first-order chi connectivity index (χ1) is 50.8. The maximum atomic E-state index is 12.1. The highest BCUT2D eigenvalue weighted by atomic mass is 32.2. The van der Waals surface area contributed by atoms with Gasteiger partial charge in [0.1, 0.15) is 6.10 Å². The number of rotatable bonds is 15. The highest BCUT2D eigenvalue weighted by Crippen LogP contribution is 2.37. The van der Waals surface area contributed by atoms with Gasteiger partial charge in [0, 0.05) is 207 Å². The molecular formula is C75H94N22O6S2. The van der Waals surface area contributed by atoms with Gasteiger partial charge in [-0.2, -0.15) is 8.61 Å². The molecule has 28 nitrogen and oxygen atoms in total. The first-order valence-electron chi connectivity index (χ1n) is 36.8. The smallest absolute Gasteiger partial charge is 0.251 e. The molecule has 6 fully saturated rings. The standard InChI is InChI=1S/C27H32N6O2S.C25H32N8O2.C23H30N8O2S/c1-36(34,35)33-15-13-31(14-16-33)19-21-8-6-10-23-25(21)29-27(32-11-3-2-4-12-32)30-26(23)22-9-5-7-20-17-28-18-24(20)22;1-17(34)23(35)32-12-10-31(11-13-32)16-18-6-5-7-20-21(18)29-25(33-8-3-2-4-9-33)30-22(20)19-14-27-24(26)28-15-19;1-34(32,33)31-12-10-29(11-13-31)16-17-6-5-7-19-20(17)27-23(30-8-3-2-4-9-30)28-21(19)18-14-25-22(24)26-15-18/h5-10,18H,2-4,11-17,19H2,1H3;5-7,14-15,17,34H,2-4,8-13,16H2,1H3,(H2,26,27,28);5-7,14-15H,2-4,8-13,16H2,1H3,(H2,24,25,26)/t;17-;/m.1./s1. The van der Waals surface area contributed by atoms with E-state index >= 15 is 0 Å². The topological polar surface area (TPSA) is 328 Å². The number of hydrogen-bond donors (Lipinski definition) is 3. The van der Waals surface area contributed by atoms with Crippen LogP contribution in [-0.4, -0.2) is 249 Å². The third-order valence-electron chi connectivity index (χ3n) is 21.0. The van der Waals surface area contributed by atoms with Gasteiger partial charge >= 0.3 is 0 Å². The van der Waals surface area contributed by atoms with E-state index in [2.05, 4.69) is 103 Å². The van der Waals surface area contributed by atoms with Gasteiger partial charge in [0.15, 0.2) is 0 Å². The van der Waals surface area contributed by atoms with Crippen molar-refractivity contribution in [2.24, 2.45) is 4.99 Å². The predicted octanol–water partition coefficient (Wildman–Crippen LogP) is 6.72. The van der Waals surface area contributed by atoms with E-state index in [9.17, 15) is 26.7 Å². The first-order valence-corrected chi connectivity index (χ1v) is 40.5. The number of aromatic nitrogens is 10. The Morgan fingerprint density at radius 2 is 0.800 bits per heavy atom. The number of nitrogens with zero attached hydrogens (tertiary/aromatic N) is 20. The molecule has 0 spiro atoms. The Kier molecular flexibility index (Phi) is 22.4. The second-order valence-electron chi connectivity index (χ2n) is 28.4. The van der Waals surface area contributed by atoms with Gasteiger partial charge in [0.05, 0.1) is 52.7 Å². The second-order valence-corrected chi connectivity index (χ2v) is 32.3. The van der Waals surface area contributed by atoms with Crippen LogP contribution in [0.1, 0.15) is 92.5 Å². The van der Waals surface area contributed by atoms with Crippen LogP contribution in [-0.2, 0) is 51.0 Å². The van der Waals surface area contributed by atoms with Crippen LogP contribution in [0.15, 0.2) is 103 Å². The minimum absolute atomic E-state index is 0.205. The average Bonchev–Trinajstić information content (AvgIpc) is 1.62. The number of nitrogens with two attached hydrogens (primary N) is 2. The van der Waals surface area contributed by atoms with Crippen molar-refractivity contribution < 1.29 is 26.7 Å². The van der Waals surface area contributed by atoms with Crippen LogP contribution < -0.4 is 26.2 Å². The molecule has 0 radical (unpaired) electrons. The Morgan fingerprint density at radius 3 is 1.17 bits per heavy atom. The van der Waals surface area contributed by atoms with Gasteiger partial charge in [-0.15, -0.1) is 0 Å². The van der Waals surface area contributed by atoms with Crippen molar-refractivity contribution in [2.45, 2.75) is 97.0 Å². The number of hydrogen-bond acceptors (Lipinski definition) is 25. The molecule has 12 heterocycles. The number of nitrogen functional groups attached to an aromatic ring is 2. The Hall–Kier alpha value is -9.14. The van der Waals surface area contributed by atoms with Gasteiger partial charge in [0.25, 0.3) is 5.91 Å². The third-order valence-corrected chi connectivity index (χ3v) is 23.6. The van der Waals surface area contributed by atoms with Crippen molar-refractivity contribution in [1.82, 2.24) is 78.0 Å². The van der Waals surface area contributed by atoms with Crippen LogP contribution in [0.3, 0.4) is 0 Å². The number of aliphatic imine (C=N–C) groups is 1. The molecule has 6 saturated heterocycles.